The van der Waals surface area contributed by atoms with E-state index in [4.69, 9.17) is 4.74 Å². The van der Waals surface area contributed by atoms with Crippen molar-refractivity contribution in [3.63, 3.8) is 0 Å². The lowest BCUT2D eigenvalue weighted by Crippen LogP contribution is -2.10. The minimum absolute atomic E-state index is 0.318. The van der Waals surface area contributed by atoms with Crippen LogP contribution in [-0.2, 0) is 0 Å². The molecule has 76 valence electrons. The molecule has 4 heteroatoms. The van der Waals surface area contributed by atoms with Gasteiger partial charge in [0, 0.05) is 5.69 Å². The van der Waals surface area contributed by atoms with E-state index in [1.165, 1.54) is 6.33 Å². The molecule has 0 saturated carbocycles. The number of imidazole rings is 1. The van der Waals surface area contributed by atoms with Crippen LogP contribution in [0.1, 0.15) is 16.2 Å². The largest absolute Gasteiger partial charge is 0.422 e. The molecule has 0 fully saturated rings. The van der Waals surface area contributed by atoms with Gasteiger partial charge in [0.05, 0.1) is 6.33 Å². The van der Waals surface area contributed by atoms with Crippen molar-refractivity contribution in [1.82, 2.24) is 9.97 Å². The first kappa shape index (κ1) is 9.45. The van der Waals surface area contributed by atoms with Crippen molar-refractivity contribution < 1.29 is 9.53 Å². The first-order valence-corrected chi connectivity index (χ1v) is 4.54. The molecule has 2 rings (SSSR count). The smallest absolute Gasteiger partial charge is 0.364 e. The van der Waals surface area contributed by atoms with Crippen LogP contribution in [0.3, 0.4) is 0 Å². The van der Waals surface area contributed by atoms with Crippen molar-refractivity contribution >= 4 is 5.97 Å². The quantitative estimate of drug-likeness (QED) is 0.598. The SMILES string of the molecule is Cc1[nH]cnc1C(=O)Oc1ccccc1. The number of aryl methyl sites for hydroxylation is 1. The lowest BCUT2D eigenvalue weighted by Gasteiger charge is -2.01. The fourth-order valence-corrected chi connectivity index (χ4v) is 1.21. The zero-order valence-corrected chi connectivity index (χ0v) is 8.23. The predicted octanol–water partition coefficient (Wildman–Crippen LogP) is 1.94. The molecule has 0 amide bonds. The first-order chi connectivity index (χ1) is 7.27. The summed E-state index contributed by atoms with van der Waals surface area (Å²) < 4.78 is 5.12. The van der Waals surface area contributed by atoms with Crippen LogP contribution in [-0.4, -0.2) is 15.9 Å². The van der Waals surface area contributed by atoms with Gasteiger partial charge in [0.2, 0.25) is 0 Å². The summed E-state index contributed by atoms with van der Waals surface area (Å²) in [5.74, 6) is 0.0739. The minimum atomic E-state index is -0.444. The van der Waals surface area contributed by atoms with Crippen molar-refractivity contribution in [2.24, 2.45) is 0 Å². The number of benzene rings is 1. The molecule has 1 aromatic carbocycles. The molecule has 0 saturated heterocycles. The molecule has 0 aliphatic rings. The number of nitrogens with one attached hydrogen (secondary N) is 1. The Bertz CT molecular complexity index is 462. The fourth-order valence-electron chi connectivity index (χ4n) is 1.21. The number of nitrogens with zero attached hydrogens (tertiary/aromatic N) is 1. The second kappa shape index (κ2) is 3.96. The highest BCUT2D eigenvalue weighted by atomic mass is 16.5. The summed E-state index contributed by atoms with van der Waals surface area (Å²) >= 11 is 0. The van der Waals surface area contributed by atoms with Crippen molar-refractivity contribution in [2.45, 2.75) is 6.92 Å². The summed E-state index contributed by atoms with van der Waals surface area (Å²) in [6.45, 7) is 1.77. The Hall–Kier alpha value is -2.10. The highest BCUT2D eigenvalue weighted by Gasteiger charge is 2.13. The number of hydrogen-bond acceptors (Lipinski definition) is 3. The molecular formula is C11H10N2O2. The molecule has 0 aliphatic heterocycles. The average Bonchev–Trinajstić information content (AvgIpc) is 2.66. The standard InChI is InChI=1S/C11H10N2O2/c1-8-10(13-7-12-8)11(14)15-9-5-3-2-4-6-9/h2-7H,1H3,(H,12,13). The van der Waals surface area contributed by atoms with Crippen LogP contribution in [0.4, 0.5) is 0 Å². The highest BCUT2D eigenvalue weighted by Crippen LogP contribution is 2.11. The molecule has 15 heavy (non-hydrogen) atoms. The maximum Gasteiger partial charge on any atom is 0.364 e. The van der Waals surface area contributed by atoms with Gasteiger partial charge in [0.25, 0.3) is 0 Å². The van der Waals surface area contributed by atoms with E-state index in [2.05, 4.69) is 9.97 Å². The van der Waals surface area contributed by atoms with Gasteiger partial charge < -0.3 is 9.72 Å². The van der Waals surface area contributed by atoms with Crippen LogP contribution in [0.15, 0.2) is 36.7 Å². The Kier molecular flexibility index (Phi) is 2.49. The van der Waals surface area contributed by atoms with Gasteiger partial charge in [-0.25, -0.2) is 9.78 Å². The molecular weight excluding hydrogens is 192 g/mol. The van der Waals surface area contributed by atoms with E-state index < -0.39 is 5.97 Å². The Labute approximate surface area is 86.9 Å². The summed E-state index contributed by atoms with van der Waals surface area (Å²) in [5.41, 5.74) is 1.02. The fraction of sp³-hybridized carbons (Fsp3) is 0.0909. The molecule has 0 atom stereocenters. The number of para-hydroxylation sites is 1. The van der Waals surface area contributed by atoms with Crippen LogP contribution in [0, 0.1) is 6.92 Å². The number of H-pyrrole nitrogens is 1. The predicted molar refractivity (Wildman–Crippen MR) is 54.7 cm³/mol. The zero-order valence-electron chi connectivity index (χ0n) is 8.23. The third-order valence-corrected chi connectivity index (χ3v) is 1.98. The maximum absolute atomic E-state index is 11.6. The van der Waals surface area contributed by atoms with Gasteiger partial charge in [0.15, 0.2) is 5.69 Å². The van der Waals surface area contributed by atoms with Gasteiger partial charge >= 0.3 is 5.97 Å². The number of hydrogen-bond donors (Lipinski definition) is 1. The van der Waals surface area contributed by atoms with Gasteiger partial charge in [-0.3, -0.25) is 0 Å². The summed E-state index contributed by atoms with van der Waals surface area (Å²) in [4.78, 5) is 18.3. The van der Waals surface area contributed by atoms with E-state index in [1.807, 2.05) is 6.07 Å². The van der Waals surface area contributed by atoms with Crippen LogP contribution < -0.4 is 4.74 Å². The Morgan fingerprint density at radius 1 is 1.33 bits per heavy atom. The molecule has 0 aliphatic carbocycles. The van der Waals surface area contributed by atoms with E-state index in [-0.39, 0.29) is 0 Å². The first-order valence-electron chi connectivity index (χ1n) is 4.54. The second-order valence-electron chi connectivity index (χ2n) is 3.08. The van der Waals surface area contributed by atoms with Gasteiger partial charge in [-0.05, 0) is 19.1 Å². The summed E-state index contributed by atoms with van der Waals surface area (Å²) in [6, 6.07) is 8.91. The van der Waals surface area contributed by atoms with Crippen LogP contribution in [0.25, 0.3) is 0 Å². The monoisotopic (exact) mass is 202 g/mol. The number of aromatic nitrogens is 2. The average molecular weight is 202 g/mol. The van der Waals surface area contributed by atoms with E-state index in [0.717, 1.165) is 0 Å². The van der Waals surface area contributed by atoms with Gasteiger partial charge in [-0.15, -0.1) is 0 Å². The number of aromatic amines is 1. The topological polar surface area (TPSA) is 55.0 Å². The van der Waals surface area contributed by atoms with E-state index in [9.17, 15) is 4.79 Å². The molecule has 0 unspecified atom stereocenters. The van der Waals surface area contributed by atoms with Crippen molar-refractivity contribution in [3.05, 3.63) is 48.0 Å². The Morgan fingerprint density at radius 2 is 2.07 bits per heavy atom. The Balaban J connectivity index is 2.15. The van der Waals surface area contributed by atoms with Crippen molar-refractivity contribution in [2.75, 3.05) is 0 Å². The van der Waals surface area contributed by atoms with Crippen molar-refractivity contribution in [3.8, 4) is 5.75 Å². The minimum Gasteiger partial charge on any atom is -0.422 e. The third kappa shape index (κ3) is 2.04. The maximum atomic E-state index is 11.6. The third-order valence-electron chi connectivity index (χ3n) is 1.98. The molecule has 4 nitrogen and oxygen atoms in total. The molecule has 1 N–H and O–H groups in total. The Morgan fingerprint density at radius 3 is 2.67 bits per heavy atom. The summed E-state index contributed by atoms with van der Waals surface area (Å²) in [7, 11) is 0. The van der Waals surface area contributed by atoms with Crippen LogP contribution >= 0.6 is 0 Å². The van der Waals surface area contributed by atoms with E-state index in [1.54, 1.807) is 31.2 Å². The number of carbonyl (C=O) groups is 1. The van der Waals surface area contributed by atoms with Crippen molar-refractivity contribution in [1.29, 1.82) is 0 Å². The lowest BCUT2D eigenvalue weighted by atomic mass is 10.3. The number of ether oxygens (including phenoxy) is 1. The highest BCUT2D eigenvalue weighted by molar-refractivity contribution is 5.90. The molecule has 1 heterocycles. The zero-order chi connectivity index (χ0) is 10.7. The lowest BCUT2D eigenvalue weighted by molar-refractivity contribution is 0.0728. The normalized spacial score (nSPS) is 9.93. The van der Waals surface area contributed by atoms with Gasteiger partial charge in [-0.2, -0.15) is 0 Å². The number of carbonyl (C=O) groups excluding carboxylic acids is 1. The second-order valence-corrected chi connectivity index (χ2v) is 3.08. The van der Waals surface area contributed by atoms with E-state index in [0.29, 0.717) is 17.1 Å². The number of esters is 1. The van der Waals surface area contributed by atoms with Crippen LogP contribution in [0.5, 0.6) is 5.75 Å². The number of rotatable bonds is 2. The molecule has 0 spiro atoms. The molecule has 0 radical (unpaired) electrons. The molecule has 1 aromatic heterocycles. The van der Waals surface area contributed by atoms with Gasteiger partial charge in [0.1, 0.15) is 5.75 Å². The van der Waals surface area contributed by atoms with E-state index >= 15 is 0 Å². The van der Waals surface area contributed by atoms with Gasteiger partial charge in [-0.1, -0.05) is 18.2 Å². The summed E-state index contributed by atoms with van der Waals surface area (Å²) in [6.07, 6.45) is 1.47. The molecule has 2 aromatic rings. The van der Waals surface area contributed by atoms with Crippen LogP contribution in [0.2, 0.25) is 0 Å². The summed E-state index contributed by atoms with van der Waals surface area (Å²) in [5, 5.41) is 0. The molecule has 0 bridgehead atoms.